The minimum Gasteiger partial charge on any atom is -0.366 e. The molecule has 1 saturated carbocycles. The summed E-state index contributed by atoms with van der Waals surface area (Å²) in [6.07, 6.45) is 7.91. The third-order valence-electron chi connectivity index (χ3n) is 5.45. The number of anilines is 1. The maximum Gasteiger partial charge on any atom is 0.317 e. The van der Waals surface area contributed by atoms with Gasteiger partial charge in [0, 0.05) is 43.8 Å². The second-order valence-electron chi connectivity index (χ2n) is 7.11. The average molecular weight is 338 g/mol. The number of rotatable bonds is 2. The van der Waals surface area contributed by atoms with Gasteiger partial charge in [0.2, 0.25) is 0 Å². The van der Waals surface area contributed by atoms with Crippen LogP contribution in [-0.4, -0.2) is 48.1 Å². The minimum absolute atomic E-state index is 0.114. The first-order chi connectivity index (χ1) is 12.3. The number of amides is 2. The number of pyridine rings is 1. The molecule has 2 aromatic rings. The highest BCUT2D eigenvalue weighted by molar-refractivity contribution is 5.90. The quantitative estimate of drug-likeness (QED) is 0.913. The summed E-state index contributed by atoms with van der Waals surface area (Å²) >= 11 is 0. The van der Waals surface area contributed by atoms with Gasteiger partial charge in [0.15, 0.2) is 0 Å². The van der Waals surface area contributed by atoms with Gasteiger partial charge in [0.25, 0.3) is 0 Å². The van der Waals surface area contributed by atoms with Gasteiger partial charge < -0.3 is 15.1 Å². The molecule has 1 aromatic carbocycles. The number of urea groups is 1. The summed E-state index contributed by atoms with van der Waals surface area (Å²) in [6, 6.07) is 10.9. The predicted molar refractivity (Wildman–Crippen MR) is 101 cm³/mol. The highest BCUT2D eigenvalue weighted by atomic mass is 16.2. The van der Waals surface area contributed by atoms with Crippen LogP contribution in [-0.2, 0) is 0 Å². The van der Waals surface area contributed by atoms with Crippen LogP contribution in [0.4, 0.5) is 10.5 Å². The number of fused-ring (bicyclic) bond motifs is 1. The number of carbonyl (C=O) groups is 1. The van der Waals surface area contributed by atoms with E-state index in [1.54, 1.807) is 0 Å². The number of hydrogen-bond acceptors (Lipinski definition) is 3. The van der Waals surface area contributed by atoms with E-state index in [9.17, 15) is 4.79 Å². The predicted octanol–water partition coefficient (Wildman–Crippen LogP) is 3.40. The second kappa shape index (κ2) is 7.30. The fourth-order valence-electron chi connectivity index (χ4n) is 4.01. The number of carbonyl (C=O) groups excluding carboxylic acids is 1. The van der Waals surface area contributed by atoms with Gasteiger partial charge in [0.05, 0.1) is 11.2 Å². The Kier molecular flexibility index (Phi) is 4.72. The van der Waals surface area contributed by atoms with Crippen LogP contribution >= 0.6 is 0 Å². The van der Waals surface area contributed by atoms with Gasteiger partial charge in [-0.05, 0) is 25.0 Å². The molecule has 2 aliphatic rings. The Hall–Kier alpha value is -2.30. The molecule has 2 amide bonds. The summed E-state index contributed by atoms with van der Waals surface area (Å²) in [5.74, 6) is 0. The van der Waals surface area contributed by atoms with E-state index < -0.39 is 0 Å². The van der Waals surface area contributed by atoms with Crippen LogP contribution in [0, 0.1) is 0 Å². The van der Waals surface area contributed by atoms with Crippen LogP contribution in [0.15, 0.2) is 36.5 Å². The van der Waals surface area contributed by atoms with Gasteiger partial charge in [0.1, 0.15) is 0 Å². The molecule has 0 radical (unpaired) electrons. The van der Waals surface area contributed by atoms with Gasteiger partial charge in [-0.15, -0.1) is 0 Å². The van der Waals surface area contributed by atoms with Crippen molar-refractivity contribution in [3.8, 4) is 0 Å². The number of benzene rings is 1. The summed E-state index contributed by atoms with van der Waals surface area (Å²) < 4.78 is 0. The van der Waals surface area contributed by atoms with Crippen LogP contribution < -0.4 is 10.2 Å². The number of piperazine rings is 1. The molecule has 2 heterocycles. The van der Waals surface area contributed by atoms with E-state index >= 15 is 0 Å². The van der Waals surface area contributed by atoms with Crippen LogP contribution in [0.2, 0.25) is 0 Å². The molecule has 5 heteroatoms. The first-order valence-electron chi connectivity index (χ1n) is 9.45. The van der Waals surface area contributed by atoms with Crippen molar-refractivity contribution < 1.29 is 4.79 Å². The molecule has 4 rings (SSSR count). The van der Waals surface area contributed by atoms with Crippen molar-refractivity contribution in [3.05, 3.63) is 36.5 Å². The van der Waals surface area contributed by atoms with Crippen molar-refractivity contribution >= 4 is 22.6 Å². The molecule has 25 heavy (non-hydrogen) atoms. The molecule has 5 nitrogen and oxygen atoms in total. The average Bonchev–Trinajstić information content (AvgIpc) is 2.68. The van der Waals surface area contributed by atoms with Gasteiger partial charge in [-0.2, -0.15) is 0 Å². The lowest BCUT2D eigenvalue weighted by atomic mass is 9.96. The maximum absolute atomic E-state index is 12.5. The first-order valence-corrected chi connectivity index (χ1v) is 9.45. The zero-order valence-electron chi connectivity index (χ0n) is 14.7. The van der Waals surface area contributed by atoms with E-state index in [1.807, 2.05) is 17.2 Å². The number of hydrogen-bond donors (Lipinski definition) is 1. The third-order valence-corrected chi connectivity index (χ3v) is 5.45. The zero-order chi connectivity index (χ0) is 17.1. The van der Waals surface area contributed by atoms with Crippen LogP contribution in [0.3, 0.4) is 0 Å². The molecule has 1 aliphatic carbocycles. The lowest BCUT2D eigenvalue weighted by Crippen LogP contribution is -2.53. The molecule has 1 aromatic heterocycles. The molecular weight excluding hydrogens is 312 g/mol. The molecule has 2 fully saturated rings. The van der Waals surface area contributed by atoms with Crippen molar-refractivity contribution in [2.45, 2.75) is 38.1 Å². The smallest absolute Gasteiger partial charge is 0.317 e. The normalized spacial score (nSPS) is 19.2. The molecule has 132 valence electrons. The first kappa shape index (κ1) is 16.2. The molecular formula is C20H26N4O. The van der Waals surface area contributed by atoms with E-state index in [0.717, 1.165) is 49.9 Å². The lowest BCUT2D eigenvalue weighted by molar-refractivity contribution is 0.186. The molecule has 1 saturated heterocycles. The zero-order valence-corrected chi connectivity index (χ0v) is 14.7. The van der Waals surface area contributed by atoms with Crippen molar-refractivity contribution in [1.29, 1.82) is 0 Å². The Balaban J connectivity index is 1.38. The molecule has 0 atom stereocenters. The summed E-state index contributed by atoms with van der Waals surface area (Å²) in [7, 11) is 0. The molecule has 0 bridgehead atoms. The Labute approximate surface area is 149 Å². The largest absolute Gasteiger partial charge is 0.366 e. The van der Waals surface area contributed by atoms with Crippen molar-refractivity contribution in [2.75, 3.05) is 31.1 Å². The van der Waals surface area contributed by atoms with Gasteiger partial charge in [-0.1, -0.05) is 37.5 Å². The number of nitrogens with zero attached hydrogens (tertiary/aromatic N) is 3. The number of aromatic nitrogens is 1. The van der Waals surface area contributed by atoms with Crippen molar-refractivity contribution in [3.63, 3.8) is 0 Å². The lowest BCUT2D eigenvalue weighted by Gasteiger charge is -2.37. The van der Waals surface area contributed by atoms with Gasteiger partial charge in [-0.3, -0.25) is 4.98 Å². The third kappa shape index (κ3) is 3.55. The number of para-hydroxylation sites is 1. The fraction of sp³-hybridized carbons (Fsp3) is 0.500. The fourth-order valence-corrected chi connectivity index (χ4v) is 4.01. The molecule has 0 spiro atoms. The number of nitrogens with one attached hydrogen (secondary N) is 1. The highest BCUT2D eigenvalue weighted by Crippen LogP contribution is 2.25. The van der Waals surface area contributed by atoms with Crippen LogP contribution in [0.1, 0.15) is 32.1 Å². The molecule has 1 aliphatic heterocycles. The van der Waals surface area contributed by atoms with Crippen molar-refractivity contribution in [2.24, 2.45) is 0 Å². The second-order valence-corrected chi connectivity index (χ2v) is 7.11. The topological polar surface area (TPSA) is 48.5 Å². The minimum atomic E-state index is 0.114. The highest BCUT2D eigenvalue weighted by Gasteiger charge is 2.24. The van der Waals surface area contributed by atoms with Gasteiger partial charge in [-0.25, -0.2) is 4.79 Å². The van der Waals surface area contributed by atoms with E-state index in [4.69, 9.17) is 0 Å². The SMILES string of the molecule is O=C(NC1CCCCC1)N1CCN(c2cccc3cccnc23)CC1. The summed E-state index contributed by atoms with van der Waals surface area (Å²) in [6.45, 7) is 3.24. The van der Waals surface area contributed by atoms with Crippen LogP contribution in [0.5, 0.6) is 0 Å². The van der Waals surface area contributed by atoms with Crippen molar-refractivity contribution in [1.82, 2.24) is 15.2 Å². The van der Waals surface area contributed by atoms with Gasteiger partial charge >= 0.3 is 6.03 Å². The van der Waals surface area contributed by atoms with E-state index in [2.05, 4.69) is 39.5 Å². The summed E-state index contributed by atoms with van der Waals surface area (Å²) in [5.41, 5.74) is 2.22. The Morgan fingerprint density at radius 2 is 1.76 bits per heavy atom. The van der Waals surface area contributed by atoms with E-state index in [0.29, 0.717) is 6.04 Å². The standard InChI is InChI=1S/C20H26N4O/c25-20(22-17-8-2-1-3-9-17)24-14-12-23(13-15-24)18-10-4-6-16-7-5-11-21-19(16)18/h4-7,10-11,17H,1-3,8-9,12-15H2,(H,22,25). The van der Waals surface area contributed by atoms with E-state index in [-0.39, 0.29) is 6.03 Å². The van der Waals surface area contributed by atoms with Crippen LogP contribution in [0.25, 0.3) is 10.9 Å². The summed E-state index contributed by atoms with van der Waals surface area (Å²) in [4.78, 5) is 21.4. The van der Waals surface area contributed by atoms with E-state index in [1.165, 1.54) is 24.9 Å². The Bertz CT molecular complexity index is 728. The summed E-state index contributed by atoms with van der Waals surface area (Å²) in [5, 5.41) is 4.39. The molecule has 1 N–H and O–H groups in total. The Morgan fingerprint density at radius 3 is 2.56 bits per heavy atom. The monoisotopic (exact) mass is 338 g/mol. The Morgan fingerprint density at radius 1 is 1.00 bits per heavy atom. The molecule has 0 unspecified atom stereocenters. The maximum atomic E-state index is 12.5.